The van der Waals surface area contributed by atoms with E-state index in [2.05, 4.69) is 240 Å². The van der Waals surface area contributed by atoms with Gasteiger partial charge in [0, 0.05) is 43.0 Å². The molecule has 1 spiro atoms. The zero-order chi connectivity index (χ0) is 40.8. The number of para-hydroxylation sites is 2. The van der Waals surface area contributed by atoms with Gasteiger partial charge in [0.2, 0.25) is 0 Å². The minimum Gasteiger partial charge on any atom is -0.310 e. The lowest BCUT2D eigenvalue weighted by molar-refractivity contribution is 1.18. The Hall–Kier alpha value is -7.37. The van der Waals surface area contributed by atoms with Gasteiger partial charge in [-0.25, -0.2) is 0 Å². The Kier molecular flexibility index (Phi) is 7.89. The number of nitrogens with zero attached hydrogens (tertiary/aromatic N) is 2. The molecule has 0 N–H and O–H groups in total. The number of anilines is 3. The van der Waals surface area contributed by atoms with Crippen LogP contribution >= 0.6 is 11.8 Å². The largest absolute Gasteiger partial charge is 0.310 e. The van der Waals surface area contributed by atoms with Crippen molar-refractivity contribution in [3.05, 3.63) is 231 Å². The maximum atomic E-state index is 2.56. The van der Waals surface area contributed by atoms with Gasteiger partial charge in [0.05, 0.1) is 16.7 Å². The molecule has 2 nitrogen and oxygen atoms in total. The molecule has 1 aromatic heterocycles. The van der Waals surface area contributed by atoms with E-state index >= 15 is 0 Å². The molecule has 0 saturated carbocycles. The molecule has 2 aliphatic heterocycles. The highest BCUT2D eigenvalue weighted by molar-refractivity contribution is 8.00. The smallest absolute Gasteiger partial charge is 0.183 e. The first-order valence-corrected chi connectivity index (χ1v) is 24.2. The number of fused-ring (bicyclic) bond motifs is 13. The van der Waals surface area contributed by atoms with E-state index < -0.39 is 8.07 Å². The molecule has 11 aromatic rings. The minimum atomic E-state index is -2.71. The second-order valence-electron chi connectivity index (χ2n) is 16.4. The Morgan fingerprint density at radius 3 is 1.77 bits per heavy atom. The molecule has 13 rings (SSSR count). The zero-order valence-corrected chi connectivity index (χ0v) is 35.6. The van der Waals surface area contributed by atoms with Gasteiger partial charge in [0.15, 0.2) is 8.07 Å². The van der Waals surface area contributed by atoms with E-state index in [0.29, 0.717) is 0 Å². The summed E-state index contributed by atoms with van der Waals surface area (Å²) in [6.07, 6.45) is 0. The van der Waals surface area contributed by atoms with Crippen molar-refractivity contribution in [3.8, 4) is 27.9 Å². The summed E-state index contributed by atoms with van der Waals surface area (Å²) in [5.74, 6) is 0. The van der Waals surface area contributed by atoms with Crippen LogP contribution < -0.4 is 25.6 Å². The van der Waals surface area contributed by atoms with E-state index in [1.54, 1.807) is 0 Å². The summed E-state index contributed by atoms with van der Waals surface area (Å²) < 4.78 is 2.40. The molecular formula is C58H38N2SSi. The highest BCUT2D eigenvalue weighted by Crippen LogP contribution is 2.44. The molecule has 2 aliphatic rings. The summed E-state index contributed by atoms with van der Waals surface area (Å²) in [5.41, 5.74) is 12.2. The van der Waals surface area contributed by atoms with Gasteiger partial charge >= 0.3 is 0 Å². The van der Waals surface area contributed by atoms with Crippen LogP contribution in [0.15, 0.2) is 240 Å². The number of aromatic nitrogens is 1. The first kappa shape index (κ1) is 35.4. The van der Waals surface area contributed by atoms with Gasteiger partial charge in [-0.2, -0.15) is 0 Å². The predicted octanol–water partition coefficient (Wildman–Crippen LogP) is 12.9. The fourth-order valence-corrected chi connectivity index (χ4v) is 18.1. The number of hydrogen-bond acceptors (Lipinski definition) is 2. The van der Waals surface area contributed by atoms with Crippen LogP contribution in [0.1, 0.15) is 0 Å². The molecule has 0 fully saturated rings. The molecule has 0 atom stereocenters. The summed E-state index contributed by atoms with van der Waals surface area (Å²) in [5, 5.41) is 10.9. The van der Waals surface area contributed by atoms with Crippen molar-refractivity contribution in [2.75, 3.05) is 4.90 Å². The van der Waals surface area contributed by atoms with Gasteiger partial charge in [-0.15, -0.1) is 0 Å². The first-order chi connectivity index (χ1) is 30.8. The Bertz CT molecular complexity index is 3520. The summed E-state index contributed by atoms with van der Waals surface area (Å²) in [6, 6.07) is 86.0. The van der Waals surface area contributed by atoms with Gasteiger partial charge in [-0.3, -0.25) is 0 Å². The standard InChI is InChI=1S/C58H38N2SSi/c1-2-18-41(19-3-1)60-50-24-8-6-22-48(50)58-45(23-15-26-51(58)60)40-32-34-42(35-33-40)59(49-25-14-17-39-16-4-5-20-44(39)49)43-36-37-47-46-21-7-11-29-54(46)62(57(47)38-43)55-30-12-9-27-52(55)61-53-28-10-13-31-56(53)62/h1-38H. The maximum Gasteiger partial charge on any atom is 0.183 e. The molecule has 0 amide bonds. The van der Waals surface area contributed by atoms with E-state index in [0.717, 1.165) is 22.7 Å². The number of benzene rings is 10. The summed E-state index contributed by atoms with van der Waals surface area (Å²) in [4.78, 5) is 5.23. The van der Waals surface area contributed by atoms with Gasteiger partial charge in [-0.05, 0) is 115 Å². The molecule has 0 bridgehead atoms. The SMILES string of the molecule is c1ccc(-n2c3ccccc3c3c(-c4ccc(N(c5ccc6c(c5)[Si]5(c7ccccc7Sc7ccccc75)c5ccccc5-6)c5cccc6ccccc56)cc4)cccc32)cc1. The highest BCUT2D eigenvalue weighted by atomic mass is 32.2. The summed E-state index contributed by atoms with van der Waals surface area (Å²) >= 11 is 1.92. The fourth-order valence-electron chi connectivity index (χ4n) is 10.7. The average Bonchev–Trinajstić information content (AvgIpc) is 3.83. The monoisotopic (exact) mass is 822 g/mol. The van der Waals surface area contributed by atoms with Crippen LogP contribution in [0.3, 0.4) is 0 Å². The van der Waals surface area contributed by atoms with E-state index in [1.807, 2.05) is 11.8 Å². The maximum absolute atomic E-state index is 2.71. The summed E-state index contributed by atoms with van der Waals surface area (Å²) in [6.45, 7) is 0. The van der Waals surface area contributed by atoms with E-state index in [9.17, 15) is 0 Å². The molecule has 0 saturated heterocycles. The van der Waals surface area contributed by atoms with Crippen LogP contribution in [-0.2, 0) is 0 Å². The van der Waals surface area contributed by atoms with Crippen LogP contribution in [0.4, 0.5) is 17.1 Å². The quantitative estimate of drug-likeness (QED) is 0.160. The molecule has 4 heteroatoms. The molecule has 3 heterocycles. The van der Waals surface area contributed by atoms with Crippen LogP contribution in [0.2, 0.25) is 0 Å². The van der Waals surface area contributed by atoms with Crippen molar-refractivity contribution >= 4 is 90.2 Å². The third-order valence-electron chi connectivity index (χ3n) is 13.2. The molecule has 62 heavy (non-hydrogen) atoms. The lowest BCUT2D eigenvalue weighted by Gasteiger charge is -2.38. The van der Waals surface area contributed by atoms with Crippen molar-refractivity contribution < 1.29 is 0 Å². The lowest BCUT2D eigenvalue weighted by atomic mass is 9.98. The molecular weight excluding hydrogens is 785 g/mol. The number of rotatable bonds is 5. The number of hydrogen-bond donors (Lipinski definition) is 0. The summed E-state index contributed by atoms with van der Waals surface area (Å²) in [7, 11) is -2.71. The fraction of sp³-hybridized carbons (Fsp3) is 0. The van der Waals surface area contributed by atoms with Gasteiger partial charge < -0.3 is 9.47 Å². The van der Waals surface area contributed by atoms with E-state index in [1.165, 1.54) is 85.4 Å². The van der Waals surface area contributed by atoms with Crippen molar-refractivity contribution in [2.24, 2.45) is 0 Å². The minimum absolute atomic E-state index is 1.12. The van der Waals surface area contributed by atoms with Gasteiger partial charge in [-0.1, -0.05) is 176 Å². The zero-order valence-electron chi connectivity index (χ0n) is 33.7. The molecule has 290 valence electrons. The van der Waals surface area contributed by atoms with Crippen LogP contribution in [-0.4, -0.2) is 12.6 Å². The molecule has 10 aromatic carbocycles. The van der Waals surface area contributed by atoms with Crippen LogP contribution in [0.25, 0.3) is 60.5 Å². The van der Waals surface area contributed by atoms with Crippen molar-refractivity contribution in [3.63, 3.8) is 0 Å². The van der Waals surface area contributed by atoms with E-state index in [4.69, 9.17) is 0 Å². The Morgan fingerprint density at radius 1 is 0.387 bits per heavy atom. The Labute approximate surface area is 366 Å². The van der Waals surface area contributed by atoms with Gasteiger partial charge in [0.25, 0.3) is 0 Å². The van der Waals surface area contributed by atoms with Crippen molar-refractivity contribution in [1.29, 1.82) is 0 Å². The second-order valence-corrected chi connectivity index (χ2v) is 21.1. The third-order valence-corrected chi connectivity index (χ3v) is 19.7. The van der Waals surface area contributed by atoms with E-state index in [-0.39, 0.29) is 0 Å². The van der Waals surface area contributed by atoms with Crippen molar-refractivity contribution in [2.45, 2.75) is 9.79 Å². The van der Waals surface area contributed by atoms with Gasteiger partial charge in [0.1, 0.15) is 0 Å². The topological polar surface area (TPSA) is 8.17 Å². The second kappa shape index (κ2) is 13.8. The average molecular weight is 823 g/mol. The van der Waals surface area contributed by atoms with Crippen LogP contribution in [0, 0.1) is 0 Å². The highest BCUT2D eigenvalue weighted by Gasteiger charge is 2.52. The molecule has 0 unspecified atom stereocenters. The Balaban J connectivity index is 1.03. The Morgan fingerprint density at radius 2 is 0.968 bits per heavy atom. The lowest BCUT2D eigenvalue weighted by Crippen LogP contribution is -2.74. The first-order valence-electron chi connectivity index (χ1n) is 21.3. The third kappa shape index (κ3) is 5.05. The molecule has 0 radical (unpaired) electrons. The predicted molar refractivity (Wildman–Crippen MR) is 265 cm³/mol. The van der Waals surface area contributed by atoms with Crippen molar-refractivity contribution in [1.82, 2.24) is 4.57 Å². The normalized spacial score (nSPS) is 13.2. The molecule has 0 aliphatic carbocycles. The van der Waals surface area contributed by atoms with Crippen LogP contribution in [0.5, 0.6) is 0 Å².